The molecule has 0 fully saturated rings. The Hall–Kier alpha value is -2.10. The van der Waals surface area contributed by atoms with Crippen LogP contribution < -0.4 is 0 Å². The molecule has 0 amide bonds. The van der Waals surface area contributed by atoms with Gasteiger partial charge in [-0.05, 0) is 37.6 Å². The summed E-state index contributed by atoms with van der Waals surface area (Å²) in [4.78, 5) is 22.0. The molecule has 0 aromatic heterocycles. The van der Waals surface area contributed by atoms with E-state index in [4.69, 9.17) is 9.84 Å². The first kappa shape index (κ1) is 13.0. The maximum Gasteiger partial charge on any atom is 0.338 e. The topological polar surface area (TPSA) is 63.6 Å². The third-order valence-electron chi connectivity index (χ3n) is 2.14. The first-order chi connectivity index (χ1) is 8.04. The first-order valence-corrected chi connectivity index (χ1v) is 5.23. The Morgan fingerprint density at radius 1 is 1.29 bits per heavy atom. The van der Waals surface area contributed by atoms with Crippen molar-refractivity contribution in [3.05, 3.63) is 41.0 Å². The highest BCUT2D eigenvalue weighted by Crippen LogP contribution is 2.10. The van der Waals surface area contributed by atoms with Crippen LogP contribution in [0.5, 0.6) is 0 Å². The lowest BCUT2D eigenvalue weighted by Crippen LogP contribution is -2.04. The van der Waals surface area contributed by atoms with Crippen molar-refractivity contribution < 1.29 is 19.4 Å². The quantitative estimate of drug-likeness (QED) is 0.641. The molecule has 0 aliphatic rings. The third kappa shape index (κ3) is 3.75. The zero-order valence-electron chi connectivity index (χ0n) is 9.77. The van der Waals surface area contributed by atoms with E-state index >= 15 is 0 Å². The zero-order chi connectivity index (χ0) is 12.8. The lowest BCUT2D eigenvalue weighted by molar-refractivity contribution is -0.132. The largest absolute Gasteiger partial charge is 0.478 e. The Kier molecular flexibility index (Phi) is 4.46. The molecule has 0 heterocycles. The van der Waals surface area contributed by atoms with Crippen LogP contribution in [0.1, 0.15) is 29.8 Å². The molecular weight excluding hydrogens is 220 g/mol. The second-order valence-electron chi connectivity index (χ2n) is 3.47. The van der Waals surface area contributed by atoms with E-state index in [-0.39, 0.29) is 11.5 Å². The minimum atomic E-state index is -0.959. The van der Waals surface area contributed by atoms with Gasteiger partial charge in [0.2, 0.25) is 0 Å². The molecule has 1 rings (SSSR count). The maximum absolute atomic E-state index is 11.4. The number of carbonyl (C=O) groups excluding carboxylic acids is 1. The summed E-state index contributed by atoms with van der Waals surface area (Å²) in [5.41, 5.74) is 1.43. The van der Waals surface area contributed by atoms with Crippen molar-refractivity contribution in [2.24, 2.45) is 0 Å². The number of aliphatic carboxylic acids is 1. The van der Waals surface area contributed by atoms with Crippen LogP contribution in [0.4, 0.5) is 0 Å². The average molecular weight is 234 g/mol. The van der Waals surface area contributed by atoms with E-state index < -0.39 is 5.97 Å². The summed E-state index contributed by atoms with van der Waals surface area (Å²) in [5.74, 6) is -1.34. The number of hydrogen-bond acceptors (Lipinski definition) is 3. The molecule has 0 spiro atoms. The van der Waals surface area contributed by atoms with E-state index in [1.807, 2.05) is 0 Å². The van der Waals surface area contributed by atoms with Crippen molar-refractivity contribution in [3.63, 3.8) is 0 Å². The van der Waals surface area contributed by atoms with Gasteiger partial charge in [-0.25, -0.2) is 9.59 Å². The van der Waals surface area contributed by atoms with Crippen LogP contribution >= 0.6 is 0 Å². The Morgan fingerprint density at radius 3 is 2.35 bits per heavy atom. The van der Waals surface area contributed by atoms with E-state index in [0.29, 0.717) is 12.2 Å². The number of hydrogen-bond donors (Lipinski definition) is 1. The molecule has 17 heavy (non-hydrogen) atoms. The predicted molar refractivity (Wildman–Crippen MR) is 63.7 cm³/mol. The van der Waals surface area contributed by atoms with Crippen molar-refractivity contribution in [1.82, 2.24) is 0 Å². The van der Waals surface area contributed by atoms with Crippen molar-refractivity contribution in [2.45, 2.75) is 13.8 Å². The van der Waals surface area contributed by atoms with Crippen LogP contribution in [0.3, 0.4) is 0 Å². The Balaban J connectivity index is 2.85. The summed E-state index contributed by atoms with van der Waals surface area (Å²) >= 11 is 0. The van der Waals surface area contributed by atoms with Crippen molar-refractivity contribution in [2.75, 3.05) is 6.61 Å². The van der Waals surface area contributed by atoms with Crippen LogP contribution in [-0.2, 0) is 9.53 Å². The molecule has 1 N–H and O–H groups in total. The second kappa shape index (κ2) is 5.84. The monoisotopic (exact) mass is 234 g/mol. The van der Waals surface area contributed by atoms with E-state index in [1.54, 1.807) is 31.2 Å². The van der Waals surface area contributed by atoms with Gasteiger partial charge in [0.15, 0.2) is 0 Å². The average Bonchev–Trinajstić information content (AvgIpc) is 2.30. The Labute approximate surface area is 99.5 Å². The Bertz CT molecular complexity index is 443. The van der Waals surface area contributed by atoms with Crippen LogP contribution in [0.2, 0.25) is 0 Å². The maximum atomic E-state index is 11.4. The molecule has 1 aromatic rings. The van der Waals surface area contributed by atoms with Crippen LogP contribution in [0, 0.1) is 0 Å². The Morgan fingerprint density at radius 2 is 1.88 bits per heavy atom. The molecule has 0 aliphatic carbocycles. The molecule has 0 atom stereocenters. The summed E-state index contributed by atoms with van der Waals surface area (Å²) in [6.07, 6.45) is 1.54. The van der Waals surface area contributed by atoms with Gasteiger partial charge in [0.25, 0.3) is 0 Å². The number of carboxylic acid groups (broad SMARTS) is 1. The number of ether oxygens (including phenoxy) is 1. The van der Waals surface area contributed by atoms with E-state index in [2.05, 4.69) is 0 Å². The predicted octanol–water partition coefficient (Wildman–Crippen LogP) is 2.35. The van der Waals surface area contributed by atoms with Crippen molar-refractivity contribution in [1.29, 1.82) is 0 Å². The number of rotatable bonds is 4. The summed E-state index contributed by atoms with van der Waals surface area (Å²) in [7, 11) is 0. The van der Waals surface area contributed by atoms with Gasteiger partial charge in [0.05, 0.1) is 12.2 Å². The summed E-state index contributed by atoms with van der Waals surface area (Å²) in [6.45, 7) is 3.59. The van der Waals surface area contributed by atoms with Crippen molar-refractivity contribution in [3.8, 4) is 0 Å². The van der Waals surface area contributed by atoms with Gasteiger partial charge < -0.3 is 9.84 Å². The molecule has 0 bridgehead atoms. The fourth-order valence-electron chi connectivity index (χ4n) is 1.24. The molecule has 4 heteroatoms. The second-order valence-corrected chi connectivity index (χ2v) is 3.47. The molecule has 0 saturated heterocycles. The molecule has 0 radical (unpaired) electrons. The van der Waals surface area contributed by atoms with Gasteiger partial charge in [-0.15, -0.1) is 0 Å². The molecule has 90 valence electrons. The highest BCUT2D eigenvalue weighted by molar-refractivity contribution is 5.92. The van der Waals surface area contributed by atoms with Crippen LogP contribution in [-0.4, -0.2) is 23.7 Å². The van der Waals surface area contributed by atoms with E-state index in [1.165, 1.54) is 13.0 Å². The van der Waals surface area contributed by atoms with Gasteiger partial charge in [0.1, 0.15) is 0 Å². The van der Waals surface area contributed by atoms with E-state index in [0.717, 1.165) is 5.56 Å². The molecule has 0 aliphatic heterocycles. The first-order valence-electron chi connectivity index (χ1n) is 5.23. The zero-order valence-corrected chi connectivity index (χ0v) is 9.77. The van der Waals surface area contributed by atoms with Gasteiger partial charge in [-0.3, -0.25) is 0 Å². The smallest absolute Gasteiger partial charge is 0.338 e. The van der Waals surface area contributed by atoms with Crippen LogP contribution in [0.15, 0.2) is 29.8 Å². The molecule has 4 nitrogen and oxygen atoms in total. The van der Waals surface area contributed by atoms with Crippen molar-refractivity contribution >= 4 is 18.0 Å². The molecular formula is C13H14O4. The third-order valence-corrected chi connectivity index (χ3v) is 2.14. The molecule has 0 saturated carbocycles. The van der Waals surface area contributed by atoms with Gasteiger partial charge >= 0.3 is 11.9 Å². The summed E-state index contributed by atoms with van der Waals surface area (Å²) in [6, 6.07) is 6.58. The highest BCUT2D eigenvalue weighted by Gasteiger charge is 2.05. The fraction of sp³-hybridized carbons (Fsp3) is 0.231. The lowest BCUT2D eigenvalue weighted by Gasteiger charge is -2.02. The summed E-state index contributed by atoms with van der Waals surface area (Å²) < 4.78 is 4.84. The number of benzene rings is 1. The SMILES string of the molecule is CCOC(=O)c1ccc(C=C(C)C(=O)O)cc1. The van der Waals surface area contributed by atoms with Gasteiger partial charge in [-0.2, -0.15) is 0 Å². The minimum Gasteiger partial charge on any atom is -0.478 e. The summed E-state index contributed by atoms with van der Waals surface area (Å²) in [5, 5.41) is 8.71. The van der Waals surface area contributed by atoms with Gasteiger partial charge in [0, 0.05) is 5.57 Å². The number of carbonyl (C=O) groups is 2. The number of esters is 1. The standard InChI is InChI=1S/C13H14O4/c1-3-17-13(16)11-6-4-10(5-7-11)8-9(2)12(14)15/h4-8H,3H2,1-2H3,(H,14,15). The lowest BCUT2D eigenvalue weighted by atomic mass is 10.1. The highest BCUT2D eigenvalue weighted by atomic mass is 16.5. The minimum absolute atomic E-state index is 0.244. The van der Waals surface area contributed by atoms with E-state index in [9.17, 15) is 9.59 Å². The normalized spacial score (nSPS) is 11.1. The molecule has 1 aromatic carbocycles. The fourth-order valence-corrected chi connectivity index (χ4v) is 1.24. The van der Waals surface area contributed by atoms with Gasteiger partial charge in [-0.1, -0.05) is 12.1 Å². The number of carboxylic acids is 1. The van der Waals surface area contributed by atoms with Crippen LogP contribution in [0.25, 0.3) is 6.08 Å². The molecule has 0 unspecified atom stereocenters.